The molecule has 0 bridgehead atoms. The second-order valence-corrected chi connectivity index (χ2v) is 8.90. The molecule has 0 fully saturated rings. The number of halogens is 5. The minimum absolute atomic E-state index is 0.0247. The van der Waals surface area contributed by atoms with Crippen molar-refractivity contribution in [2.45, 2.75) is 10.4 Å². The number of hydrogen-bond donors (Lipinski definition) is 1. The van der Waals surface area contributed by atoms with Gasteiger partial charge >= 0.3 is 5.51 Å². The number of nitrogens with one attached hydrogen (secondary N) is 1. The van der Waals surface area contributed by atoms with Crippen LogP contribution in [0.1, 0.15) is 0 Å². The first-order valence-electron chi connectivity index (χ1n) is 7.47. The first-order chi connectivity index (χ1) is 13.0. The maximum Gasteiger partial charge on any atom is 0.479 e. The lowest BCUT2D eigenvalue weighted by molar-refractivity contribution is -0.0369. The zero-order chi connectivity index (χ0) is 20.5. The van der Waals surface area contributed by atoms with Gasteiger partial charge in [-0.1, -0.05) is 35.3 Å². The Labute approximate surface area is 172 Å². The molecule has 0 spiro atoms. The minimum atomic E-state index is -4.51. The van der Waals surface area contributed by atoms with Crippen molar-refractivity contribution in [1.82, 2.24) is 0 Å². The summed E-state index contributed by atoms with van der Waals surface area (Å²) in [5.41, 5.74) is -4.25. The summed E-state index contributed by atoms with van der Waals surface area (Å²) in [4.78, 5) is -0.0991. The first-order valence-corrected chi connectivity index (χ1v) is 10.5. The molecule has 0 saturated carbocycles. The van der Waals surface area contributed by atoms with Crippen LogP contribution in [0.25, 0.3) is 10.8 Å². The van der Waals surface area contributed by atoms with Gasteiger partial charge in [-0.2, -0.15) is 13.2 Å². The average Bonchev–Trinajstić information content (AvgIpc) is 2.58. The van der Waals surface area contributed by atoms with E-state index in [4.69, 9.17) is 23.2 Å². The van der Waals surface area contributed by atoms with Gasteiger partial charge in [-0.15, -0.1) is 0 Å². The molecule has 0 atom stereocenters. The van der Waals surface area contributed by atoms with E-state index in [1.807, 2.05) is 0 Å². The highest BCUT2D eigenvalue weighted by Crippen LogP contribution is 2.34. The van der Waals surface area contributed by atoms with E-state index in [1.54, 1.807) is 12.1 Å². The lowest BCUT2D eigenvalue weighted by Crippen LogP contribution is -2.12. The SMILES string of the molecule is O=S(=O)(Nc1ccc2cc(OSC(F)(F)F)ccc2c1)c1cc(Cl)cc(Cl)c1. The zero-order valence-corrected chi connectivity index (χ0v) is 16.8. The fourth-order valence-electron chi connectivity index (χ4n) is 2.33. The van der Waals surface area contributed by atoms with E-state index in [0.717, 1.165) is 0 Å². The summed E-state index contributed by atoms with van der Waals surface area (Å²) < 4.78 is 68.7. The van der Waals surface area contributed by atoms with Crippen molar-refractivity contribution in [2.75, 3.05) is 4.72 Å². The second kappa shape index (κ2) is 7.90. The van der Waals surface area contributed by atoms with Crippen LogP contribution in [0.3, 0.4) is 0 Å². The fraction of sp³-hybridized carbons (Fsp3) is 0.0588. The summed E-state index contributed by atoms with van der Waals surface area (Å²) >= 11 is 11.1. The Morgan fingerprint density at radius 1 is 0.893 bits per heavy atom. The number of anilines is 1. The van der Waals surface area contributed by atoms with Gasteiger partial charge in [0.1, 0.15) is 5.75 Å². The normalized spacial score (nSPS) is 12.2. The summed E-state index contributed by atoms with van der Waals surface area (Å²) in [6, 6.07) is 12.8. The van der Waals surface area contributed by atoms with Crippen molar-refractivity contribution in [2.24, 2.45) is 0 Å². The van der Waals surface area contributed by atoms with Crippen LogP contribution in [0, 0.1) is 0 Å². The lowest BCUT2D eigenvalue weighted by Gasteiger charge is -2.11. The molecule has 0 saturated heterocycles. The van der Waals surface area contributed by atoms with E-state index in [0.29, 0.717) is 10.8 Å². The van der Waals surface area contributed by atoms with E-state index >= 15 is 0 Å². The van der Waals surface area contributed by atoms with Crippen LogP contribution in [-0.2, 0) is 10.0 Å². The summed E-state index contributed by atoms with van der Waals surface area (Å²) in [6.45, 7) is 0. The third-order valence-corrected chi connectivity index (χ3v) is 5.70. The maximum atomic E-state index is 12.5. The molecule has 0 aromatic heterocycles. The summed E-state index contributed by atoms with van der Waals surface area (Å²) in [7, 11) is -3.93. The highest BCUT2D eigenvalue weighted by atomic mass is 35.5. The highest BCUT2D eigenvalue weighted by molar-refractivity contribution is 7.95. The summed E-state index contributed by atoms with van der Waals surface area (Å²) in [5.74, 6) is 0.0247. The Kier molecular flexibility index (Phi) is 5.90. The van der Waals surface area contributed by atoms with Gasteiger partial charge in [0.25, 0.3) is 10.0 Å². The summed E-state index contributed by atoms with van der Waals surface area (Å²) in [6.07, 6.45) is 0. The van der Waals surface area contributed by atoms with Crippen molar-refractivity contribution in [1.29, 1.82) is 0 Å². The predicted molar refractivity (Wildman–Crippen MR) is 105 cm³/mol. The van der Waals surface area contributed by atoms with Crippen LogP contribution in [0.4, 0.5) is 18.9 Å². The van der Waals surface area contributed by atoms with Crippen LogP contribution >= 0.6 is 35.2 Å². The van der Waals surface area contributed by atoms with E-state index < -0.39 is 27.6 Å². The van der Waals surface area contributed by atoms with E-state index in [2.05, 4.69) is 8.91 Å². The summed E-state index contributed by atoms with van der Waals surface area (Å²) in [5, 5.41) is 1.54. The smallest absolute Gasteiger partial charge is 0.417 e. The highest BCUT2D eigenvalue weighted by Gasteiger charge is 2.31. The molecular weight excluding hydrogens is 458 g/mol. The van der Waals surface area contributed by atoms with Gasteiger partial charge in [-0.05, 0) is 53.2 Å². The van der Waals surface area contributed by atoms with Gasteiger partial charge in [-0.3, -0.25) is 4.72 Å². The standard InChI is InChI=1S/C17H10Cl2F3NO3S2/c18-12-7-13(19)9-16(8-12)28(24,25)23-14-3-1-11-6-15(4-2-10(11)5-14)26-27-17(20,21)22/h1-9,23H. The number of rotatable bonds is 5. The average molecular weight is 468 g/mol. The van der Waals surface area contributed by atoms with E-state index in [9.17, 15) is 21.6 Å². The molecule has 4 nitrogen and oxygen atoms in total. The quantitative estimate of drug-likeness (QED) is 0.435. The Morgan fingerprint density at radius 2 is 1.50 bits per heavy atom. The number of hydrogen-bond acceptors (Lipinski definition) is 4. The van der Waals surface area contributed by atoms with Crippen molar-refractivity contribution in [3.8, 4) is 5.75 Å². The third-order valence-electron chi connectivity index (χ3n) is 3.44. The lowest BCUT2D eigenvalue weighted by atomic mass is 10.1. The van der Waals surface area contributed by atoms with Gasteiger partial charge in [0.15, 0.2) is 12.0 Å². The van der Waals surface area contributed by atoms with Gasteiger partial charge in [0.05, 0.1) is 4.90 Å². The number of fused-ring (bicyclic) bond motifs is 1. The Balaban J connectivity index is 1.84. The molecule has 0 aliphatic heterocycles. The molecule has 0 amide bonds. The molecule has 28 heavy (non-hydrogen) atoms. The van der Waals surface area contributed by atoms with Crippen molar-refractivity contribution in [3.63, 3.8) is 0 Å². The number of sulfonamides is 1. The van der Waals surface area contributed by atoms with E-state index in [-0.39, 0.29) is 26.4 Å². The van der Waals surface area contributed by atoms with Crippen molar-refractivity contribution < 1.29 is 25.8 Å². The molecule has 3 aromatic rings. The molecular formula is C17H10Cl2F3NO3S2. The molecule has 3 aromatic carbocycles. The van der Waals surface area contributed by atoms with Crippen LogP contribution < -0.4 is 8.91 Å². The molecule has 11 heteroatoms. The van der Waals surface area contributed by atoms with Crippen LogP contribution in [0.15, 0.2) is 59.5 Å². The maximum absolute atomic E-state index is 12.5. The van der Waals surface area contributed by atoms with Crippen LogP contribution in [-0.4, -0.2) is 13.9 Å². The molecule has 148 valence electrons. The third kappa shape index (κ3) is 5.38. The molecule has 0 aliphatic carbocycles. The predicted octanol–water partition coefficient (Wildman–Crippen LogP) is 6.49. The molecule has 1 N–H and O–H groups in total. The molecule has 0 heterocycles. The van der Waals surface area contributed by atoms with Gasteiger partial charge < -0.3 is 4.18 Å². The number of alkyl halides is 3. The Hall–Kier alpha value is -1.81. The topological polar surface area (TPSA) is 55.4 Å². The Morgan fingerprint density at radius 3 is 2.14 bits per heavy atom. The Bertz CT molecular complexity index is 1120. The molecule has 0 unspecified atom stereocenters. The van der Waals surface area contributed by atoms with Crippen molar-refractivity contribution in [3.05, 3.63) is 64.6 Å². The van der Waals surface area contributed by atoms with Gasteiger partial charge in [0, 0.05) is 15.7 Å². The molecule has 0 aliphatic rings. The monoisotopic (exact) mass is 467 g/mol. The van der Waals surface area contributed by atoms with Crippen LogP contribution in [0.2, 0.25) is 10.0 Å². The second-order valence-electron chi connectivity index (χ2n) is 5.55. The number of benzene rings is 3. The van der Waals surface area contributed by atoms with E-state index in [1.165, 1.54) is 42.5 Å². The van der Waals surface area contributed by atoms with Gasteiger partial charge in [0.2, 0.25) is 0 Å². The molecule has 0 radical (unpaired) electrons. The zero-order valence-electron chi connectivity index (χ0n) is 13.6. The van der Waals surface area contributed by atoms with Crippen molar-refractivity contribution >= 4 is 61.7 Å². The largest absolute Gasteiger partial charge is 0.479 e. The fourth-order valence-corrected chi connectivity index (χ4v) is 4.40. The molecule has 3 rings (SSSR count). The van der Waals surface area contributed by atoms with Gasteiger partial charge in [-0.25, -0.2) is 8.42 Å². The minimum Gasteiger partial charge on any atom is -0.417 e. The first kappa shape index (κ1) is 20.9. The van der Waals surface area contributed by atoms with Crippen LogP contribution in [0.5, 0.6) is 5.75 Å².